The summed E-state index contributed by atoms with van der Waals surface area (Å²) in [4.78, 5) is 9.84. The number of hydrogen-bond acceptors (Lipinski definition) is 6. The third-order valence-electron chi connectivity index (χ3n) is 1.71. The second-order valence-electron chi connectivity index (χ2n) is 3.16. The zero-order valence-electron chi connectivity index (χ0n) is 11.1. The number of rotatable bonds is 9. The standard InChI is InChI=1S/C8H18O4.C4H6O2/c1-2-3-5-11-8(7-10)12-6-4-9;1-3-4(5)6-2/h8-10H,2-7H2,1H3;3H,1H2,2H3. The molecule has 108 valence electrons. The molecule has 0 amide bonds. The summed E-state index contributed by atoms with van der Waals surface area (Å²) >= 11 is 0. The van der Waals surface area contributed by atoms with Crippen LogP contribution in [0.2, 0.25) is 0 Å². The molecule has 0 rings (SSSR count). The van der Waals surface area contributed by atoms with Gasteiger partial charge in [0, 0.05) is 12.7 Å². The lowest BCUT2D eigenvalue weighted by Crippen LogP contribution is -2.23. The van der Waals surface area contributed by atoms with E-state index in [-0.39, 0.29) is 19.8 Å². The Morgan fingerprint density at radius 1 is 1.33 bits per heavy atom. The fourth-order valence-corrected chi connectivity index (χ4v) is 0.780. The molecule has 0 aliphatic carbocycles. The molecule has 0 bridgehead atoms. The van der Waals surface area contributed by atoms with Gasteiger partial charge in [0.15, 0.2) is 6.29 Å². The van der Waals surface area contributed by atoms with Gasteiger partial charge in [-0.2, -0.15) is 0 Å². The molecule has 6 heteroatoms. The van der Waals surface area contributed by atoms with Gasteiger partial charge < -0.3 is 24.4 Å². The van der Waals surface area contributed by atoms with Crippen LogP contribution in [0.1, 0.15) is 19.8 Å². The first kappa shape index (κ1) is 19.4. The van der Waals surface area contributed by atoms with Gasteiger partial charge in [-0.1, -0.05) is 19.9 Å². The molecule has 0 saturated heterocycles. The van der Waals surface area contributed by atoms with E-state index in [1.54, 1.807) is 0 Å². The summed E-state index contributed by atoms with van der Waals surface area (Å²) in [7, 11) is 1.31. The zero-order valence-corrected chi connectivity index (χ0v) is 11.1. The SMILES string of the molecule is C=CC(=O)OC.CCCCOC(CO)OCCO. The number of aliphatic hydroxyl groups excluding tert-OH is 2. The Balaban J connectivity index is 0. The normalized spacial score (nSPS) is 11.1. The van der Waals surface area contributed by atoms with Gasteiger partial charge in [0.1, 0.15) is 0 Å². The quantitative estimate of drug-likeness (QED) is 0.273. The van der Waals surface area contributed by atoms with Gasteiger partial charge in [0.2, 0.25) is 0 Å². The van der Waals surface area contributed by atoms with E-state index in [0.29, 0.717) is 6.61 Å². The molecule has 1 atom stereocenters. The van der Waals surface area contributed by atoms with Gasteiger partial charge >= 0.3 is 5.97 Å². The Morgan fingerprint density at radius 2 is 1.94 bits per heavy atom. The number of carbonyl (C=O) groups excluding carboxylic acids is 1. The molecular formula is C12H24O6. The topological polar surface area (TPSA) is 85.2 Å². The van der Waals surface area contributed by atoms with Crippen LogP contribution in [0.15, 0.2) is 12.7 Å². The van der Waals surface area contributed by atoms with Crippen molar-refractivity contribution < 1.29 is 29.2 Å². The Bertz CT molecular complexity index is 195. The van der Waals surface area contributed by atoms with Crippen LogP contribution in [0.3, 0.4) is 0 Å². The molecule has 0 radical (unpaired) electrons. The van der Waals surface area contributed by atoms with E-state index < -0.39 is 12.3 Å². The van der Waals surface area contributed by atoms with Crippen molar-refractivity contribution in [3.63, 3.8) is 0 Å². The average molecular weight is 264 g/mol. The number of esters is 1. The van der Waals surface area contributed by atoms with Crippen LogP contribution in [-0.4, -0.2) is 56.0 Å². The summed E-state index contributed by atoms with van der Waals surface area (Å²) < 4.78 is 14.3. The number of ether oxygens (including phenoxy) is 3. The highest BCUT2D eigenvalue weighted by atomic mass is 16.7. The fraction of sp³-hybridized carbons (Fsp3) is 0.750. The molecule has 0 heterocycles. The summed E-state index contributed by atoms with van der Waals surface area (Å²) in [5.74, 6) is -0.394. The number of aliphatic hydroxyl groups is 2. The van der Waals surface area contributed by atoms with Gasteiger partial charge in [-0.05, 0) is 6.42 Å². The van der Waals surface area contributed by atoms with E-state index in [1.807, 2.05) is 0 Å². The molecule has 6 nitrogen and oxygen atoms in total. The van der Waals surface area contributed by atoms with E-state index in [9.17, 15) is 4.79 Å². The summed E-state index contributed by atoms with van der Waals surface area (Å²) in [5, 5.41) is 17.1. The Morgan fingerprint density at radius 3 is 2.28 bits per heavy atom. The van der Waals surface area contributed by atoms with Gasteiger partial charge in [-0.25, -0.2) is 4.79 Å². The van der Waals surface area contributed by atoms with Crippen molar-refractivity contribution in [2.24, 2.45) is 0 Å². The van der Waals surface area contributed by atoms with Gasteiger partial charge in [-0.15, -0.1) is 0 Å². The van der Waals surface area contributed by atoms with Crippen molar-refractivity contribution in [3.8, 4) is 0 Å². The van der Waals surface area contributed by atoms with Gasteiger partial charge in [0.05, 0.1) is 26.9 Å². The van der Waals surface area contributed by atoms with E-state index in [0.717, 1.165) is 18.9 Å². The highest BCUT2D eigenvalue weighted by molar-refractivity contribution is 5.80. The Labute approximate surface area is 108 Å². The first-order chi connectivity index (χ1) is 8.65. The largest absolute Gasteiger partial charge is 0.466 e. The van der Waals surface area contributed by atoms with Crippen LogP contribution in [0.25, 0.3) is 0 Å². The molecule has 2 N–H and O–H groups in total. The second kappa shape index (κ2) is 16.1. The Kier molecular flexibility index (Phi) is 17.3. The van der Waals surface area contributed by atoms with Crippen molar-refractivity contribution >= 4 is 5.97 Å². The van der Waals surface area contributed by atoms with Crippen molar-refractivity contribution in [1.29, 1.82) is 0 Å². The van der Waals surface area contributed by atoms with Crippen molar-refractivity contribution in [1.82, 2.24) is 0 Å². The predicted octanol–water partition coefficient (Wildman–Crippen LogP) is 0.476. The molecule has 0 saturated carbocycles. The molecule has 0 spiro atoms. The molecule has 0 fully saturated rings. The number of unbranched alkanes of at least 4 members (excludes halogenated alkanes) is 1. The molecule has 0 aromatic rings. The first-order valence-electron chi connectivity index (χ1n) is 5.81. The van der Waals surface area contributed by atoms with Crippen LogP contribution >= 0.6 is 0 Å². The minimum absolute atomic E-state index is 0.0480. The smallest absolute Gasteiger partial charge is 0.329 e. The minimum Gasteiger partial charge on any atom is -0.466 e. The van der Waals surface area contributed by atoms with Crippen molar-refractivity contribution in [2.75, 3.05) is 33.5 Å². The highest BCUT2D eigenvalue weighted by Crippen LogP contribution is 1.96. The van der Waals surface area contributed by atoms with E-state index in [2.05, 4.69) is 18.2 Å². The maximum absolute atomic E-state index is 9.84. The maximum Gasteiger partial charge on any atom is 0.329 e. The number of carbonyl (C=O) groups is 1. The van der Waals surface area contributed by atoms with E-state index in [1.165, 1.54) is 7.11 Å². The lowest BCUT2D eigenvalue weighted by molar-refractivity contribution is -0.167. The molecule has 0 aliphatic rings. The summed E-state index contributed by atoms with van der Waals surface area (Å²) in [6.45, 7) is 5.80. The zero-order chi connectivity index (χ0) is 14.2. The minimum atomic E-state index is -0.580. The number of hydrogen-bond donors (Lipinski definition) is 2. The van der Waals surface area contributed by atoms with Crippen LogP contribution in [0.4, 0.5) is 0 Å². The van der Waals surface area contributed by atoms with Crippen LogP contribution in [0, 0.1) is 0 Å². The van der Waals surface area contributed by atoms with Crippen LogP contribution in [-0.2, 0) is 19.0 Å². The molecular weight excluding hydrogens is 240 g/mol. The highest BCUT2D eigenvalue weighted by Gasteiger charge is 2.05. The third kappa shape index (κ3) is 15.0. The molecule has 0 aromatic carbocycles. The molecule has 0 aliphatic heterocycles. The summed E-state index contributed by atoms with van der Waals surface area (Å²) in [6.07, 6.45) is 2.54. The summed E-state index contributed by atoms with van der Waals surface area (Å²) in [6, 6.07) is 0. The molecule has 1 unspecified atom stereocenters. The number of methoxy groups -OCH3 is 1. The van der Waals surface area contributed by atoms with Gasteiger partial charge in [-0.3, -0.25) is 0 Å². The first-order valence-corrected chi connectivity index (χ1v) is 5.81. The lowest BCUT2D eigenvalue weighted by atomic mass is 10.4. The summed E-state index contributed by atoms with van der Waals surface area (Å²) in [5.41, 5.74) is 0. The fourth-order valence-electron chi connectivity index (χ4n) is 0.780. The molecule has 18 heavy (non-hydrogen) atoms. The lowest BCUT2D eigenvalue weighted by Gasteiger charge is -2.14. The van der Waals surface area contributed by atoms with Crippen molar-refractivity contribution in [3.05, 3.63) is 12.7 Å². The average Bonchev–Trinajstić information content (AvgIpc) is 2.42. The van der Waals surface area contributed by atoms with E-state index in [4.69, 9.17) is 19.7 Å². The maximum atomic E-state index is 9.84. The van der Waals surface area contributed by atoms with Gasteiger partial charge in [0.25, 0.3) is 0 Å². The Hall–Kier alpha value is -0.950. The molecule has 0 aromatic heterocycles. The monoisotopic (exact) mass is 264 g/mol. The third-order valence-corrected chi connectivity index (χ3v) is 1.71. The second-order valence-corrected chi connectivity index (χ2v) is 3.16. The van der Waals surface area contributed by atoms with Crippen LogP contribution in [0.5, 0.6) is 0 Å². The van der Waals surface area contributed by atoms with Crippen molar-refractivity contribution in [2.45, 2.75) is 26.1 Å². The predicted molar refractivity (Wildman–Crippen MR) is 67.0 cm³/mol. The van der Waals surface area contributed by atoms with E-state index >= 15 is 0 Å². The van der Waals surface area contributed by atoms with Crippen LogP contribution < -0.4 is 0 Å².